The minimum atomic E-state index is -0.175. The van der Waals surface area contributed by atoms with E-state index in [2.05, 4.69) is 10.4 Å². The standard InChI is InChI=1S/C25H22N2O7/c1-13-18(26-28)6-5-16-23(14-4-7-19-20(8-14)34-12-33-19)17(11-32-25(13)16)15-9-21(30-2)24(27-29)22(10-15)31-3/h4-10,17,23H,11-12H2,1-3H3. The van der Waals surface area contributed by atoms with Crippen molar-refractivity contribution < 1.29 is 23.7 Å². The molecule has 0 amide bonds. The fourth-order valence-electron chi connectivity index (χ4n) is 4.75. The maximum absolute atomic E-state index is 11.4. The fourth-order valence-corrected chi connectivity index (χ4v) is 4.75. The van der Waals surface area contributed by atoms with Crippen LogP contribution in [-0.2, 0) is 0 Å². The molecule has 0 bridgehead atoms. The molecule has 2 atom stereocenters. The van der Waals surface area contributed by atoms with Gasteiger partial charge in [-0.1, -0.05) is 12.1 Å². The highest BCUT2D eigenvalue weighted by atomic mass is 16.7. The number of nitroso groups, excluding NO2 is 2. The lowest BCUT2D eigenvalue weighted by Gasteiger charge is -2.35. The topological polar surface area (TPSA) is 105 Å². The van der Waals surface area contributed by atoms with Gasteiger partial charge in [0.05, 0.1) is 20.8 Å². The third-order valence-electron chi connectivity index (χ3n) is 6.43. The molecule has 3 aromatic carbocycles. The van der Waals surface area contributed by atoms with Crippen molar-refractivity contribution in [3.63, 3.8) is 0 Å². The average Bonchev–Trinajstić information content (AvgIpc) is 3.35. The monoisotopic (exact) mass is 462 g/mol. The molecule has 2 aliphatic heterocycles. The maximum Gasteiger partial charge on any atom is 0.231 e. The third-order valence-corrected chi connectivity index (χ3v) is 6.43. The van der Waals surface area contributed by atoms with E-state index in [1.807, 2.05) is 31.2 Å². The number of methoxy groups -OCH3 is 2. The van der Waals surface area contributed by atoms with Crippen LogP contribution in [0.15, 0.2) is 52.8 Å². The summed E-state index contributed by atoms with van der Waals surface area (Å²) < 4.78 is 28.2. The van der Waals surface area contributed by atoms with Crippen LogP contribution >= 0.6 is 0 Å². The summed E-state index contributed by atoms with van der Waals surface area (Å²) in [6, 6.07) is 13.0. The van der Waals surface area contributed by atoms with Gasteiger partial charge in [0.15, 0.2) is 28.7 Å². The van der Waals surface area contributed by atoms with Crippen molar-refractivity contribution in [1.82, 2.24) is 0 Å². The van der Waals surface area contributed by atoms with Gasteiger partial charge in [0.1, 0.15) is 11.4 Å². The maximum atomic E-state index is 11.4. The zero-order valence-corrected chi connectivity index (χ0v) is 18.9. The second-order valence-corrected chi connectivity index (χ2v) is 8.09. The van der Waals surface area contributed by atoms with Gasteiger partial charge in [-0.15, -0.1) is 9.81 Å². The number of hydrogen-bond donors (Lipinski definition) is 0. The van der Waals surface area contributed by atoms with E-state index in [-0.39, 0.29) is 24.3 Å². The molecule has 5 rings (SSSR count). The normalized spacial score (nSPS) is 18.0. The number of ether oxygens (including phenoxy) is 5. The Labute approximate surface area is 195 Å². The van der Waals surface area contributed by atoms with Gasteiger partial charge < -0.3 is 23.7 Å². The molecule has 3 aromatic rings. The minimum absolute atomic E-state index is 0.100. The molecule has 9 heteroatoms. The van der Waals surface area contributed by atoms with Crippen LogP contribution in [0.1, 0.15) is 34.1 Å². The summed E-state index contributed by atoms with van der Waals surface area (Å²) in [5.41, 5.74) is 3.88. The molecule has 9 nitrogen and oxygen atoms in total. The van der Waals surface area contributed by atoms with E-state index in [4.69, 9.17) is 23.7 Å². The number of hydrogen-bond acceptors (Lipinski definition) is 9. The SMILES string of the molecule is COc1cc(C2COc3c(ccc(N=O)c3C)C2c2ccc3c(c2)OCO3)cc(OC)c1N=O. The molecule has 0 saturated carbocycles. The van der Waals surface area contributed by atoms with E-state index >= 15 is 0 Å². The lowest BCUT2D eigenvalue weighted by atomic mass is 9.75. The summed E-state index contributed by atoms with van der Waals surface area (Å²) in [7, 11) is 2.96. The molecular weight excluding hydrogens is 440 g/mol. The molecule has 2 heterocycles. The van der Waals surface area contributed by atoms with E-state index in [1.165, 1.54) is 14.2 Å². The number of fused-ring (bicyclic) bond motifs is 2. The Balaban J connectivity index is 1.70. The third kappa shape index (κ3) is 3.40. The van der Waals surface area contributed by atoms with Crippen molar-refractivity contribution in [3.8, 4) is 28.7 Å². The molecule has 2 aliphatic rings. The zero-order chi connectivity index (χ0) is 23.8. The molecule has 34 heavy (non-hydrogen) atoms. The molecular formula is C25H22N2O7. The Morgan fingerprint density at radius 2 is 1.59 bits per heavy atom. The molecule has 174 valence electrons. The highest BCUT2D eigenvalue weighted by Gasteiger charge is 2.36. The van der Waals surface area contributed by atoms with E-state index in [1.54, 1.807) is 18.2 Å². The van der Waals surface area contributed by atoms with Crippen molar-refractivity contribution in [3.05, 3.63) is 74.5 Å². The summed E-state index contributed by atoms with van der Waals surface area (Å²) in [4.78, 5) is 22.7. The summed E-state index contributed by atoms with van der Waals surface area (Å²) in [5, 5.41) is 6.21. The van der Waals surface area contributed by atoms with Crippen molar-refractivity contribution in [2.75, 3.05) is 27.6 Å². The van der Waals surface area contributed by atoms with Gasteiger partial charge >= 0.3 is 0 Å². The summed E-state index contributed by atoms with van der Waals surface area (Å²) in [6.45, 7) is 2.31. The van der Waals surface area contributed by atoms with Crippen LogP contribution < -0.4 is 23.7 Å². The Morgan fingerprint density at radius 3 is 2.26 bits per heavy atom. The van der Waals surface area contributed by atoms with Crippen LogP contribution in [0.3, 0.4) is 0 Å². The second-order valence-electron chi connectivity index (χ2n) is 8.09. The predicted octanol–water partition coefficient (Wildman–Crippen LogP) is 5.84. The fraction of sp³-hybridized carbons (Fsp3) is 0.280. The number of nitrogens with zero attached hydrogens (tertiary/aromatic N) is 2. The Kier molecular flexibility index (Phi) is 5.53. The van der Waals surface area contributed by atoms with Gasteiger partial charge in [-0.3, -0.25) is 0 Å². The Hall–Kier alpha value is -4.14. The van der Waals surface area contributed by atoms with E-state index in [0.717, 1.165) is 16.7 Å². The first-order valence-electron chi connectivity index (χ1n) is 10.7. The second kappa shape index (κ2) is 8.66. The van der Waals surface area contributed by atoms with Crippen LogP contribution in [-0.4, -0.2) is 27.6 Å². The lowest BCUT2D eigenvalue weighted by molar-refractivity contribution is 0.174. The Bertz CT molecular complexity index is 1270. The van der Waals surface area contributed by atoms with Gasteiger partial charge in [0.2, 0.25) is 6.79 Å². The van der Waals surface area contributed by atoms with Crippen molar-refractivity contribution >= 4 is 11.4 Å². The zero-order valence-electron chi connectivity index (χ0n) is 18.9. The van der Waals surface area contributed by atoms with Gasteiger partial charge in [-0.2, -0.15) is 0 Å². The molecule has 0 radical (unpaired) electrons. The Morgan fingerprint density at radius 1 is 0.853 bits per heavy atom. The molecule has 0 N–H and O–H groups in total. The van der Waals surface area contributed by atoms with Crippen molar-refractivity contribution in [2.45, 2.75) is 18.8 Å². The van der Waals surface area contributed by atoms with Crippen LogP contribution in [0.25, 0.3) is 0 Å². The van der Waals surface area contributed by atoms with Crippen LogP contribution in [0.5, 0.6) is 28.7 Å². The van der Waals surface area contributed by atoms with E-state index in [0.29, 0.717) is 46.6 Å². The molecule has 0 fully saturated rings. The van der Waals surface area contributed by atoms with Gasteiger partial charge in [-0.25, -0.2) is 0 Å². The van der Waals surface area contributed by atoms with Crippen LogP contribution in [0.4, 0.5) is 11.4 Å². The molecule has 2 unspecified atom stereocenters. The van der Waals surface area contributed by atoms with Gasteiger partial charge in [-0.05, 0) is 58.7 Å². The highest BCUT2D eigenvalue weighted by Crippen LogP contribution is 2.52. The first-order valence-corrected chi connectivity index (χ1v) is 10.7. The van der Waals surface area contributed by atoms with Crippen LogP contribution in [0.2, 0.25) is 0 Å². The van der Waals surface area contributed by atoms with Gasteiger partial charge in [0.25, 0.3) is 0 Å². The molecule has 0 saturated heterocycles. The quantitative estimate of drug-likeness (QED) is 0.423. The van der Waals surface area contributed by atoms with E-state index < -0.39 is 0 Å². The largest absolute Gasteiger partial charge is 0.494 e. The smallest absolute Gasteiger partial charge is 0.231 e. The minimum Gasteiger partial charge on any atom is -0.494 e. The molecule has 0 aromatic heterocycles. The van der Waals surface area contributed by atoms with Crippen molar-refractivity contribution in [1.29, 1.82) is 0 Å². The molecule has 0 spiro atoms. The first-order chi connectivity index (χ1) is 16.6. The summed E-state index contributed by atoms with van der Waals surface area (Å²) in [6.07, 6.45) is 0. The van der Waals surface area contributed by atoms with E-state index in [9.17, 15) is 9.81 Å². The molecule has 0 aliphatic carbocycles. The predicted molar refractivity (Wildman–Crippen MR) is 124 cm³/mol. The lowest BCUT2D eigenvalue weighted by Crippen LogP contribution is -2.26. The summed E-state index contributed by atoms with van der Waals surface area (Å²) >= 11 is 0. The van der Waals surface area contributed by atoms with Gasteiger partial charge in [0, 0.05) is 23.0 Å². The average molecular weight is 462 g/mol. The number of rotatable bonds is 6. The summed E-state index contributed by atoms with van der Waals surface area (Å²) in [5.74, 6) is 2.29. The number of benzene rings is 3. The highest BCUT2D eigenvalue weighted by molar-refractivity contribution is 5.66. The van der Waals surface area contributed by atoms with Crippen LogP contribution in [0, 0.1) is 16.7 Å². The first kappa shape index (κ1) is 21.7. The van der Waals surface area contributed by atoms with Crippen molar-refractivity contribution in [2.24, 2.45) is 10.4 Å².